The average Bonchev–Trinajstić information content (AvgIpc) is 2.81. The van der Waals surface area contributed by atoms with Crippen LogP contribution in [0.15, 0.2) is 97.1 Å². The van der Waals surface area contributed by atoms with Crippen molar-refractivity contribution in [1.29, 1.82) is 0 Å². The topological polar surface area (TPSA) is 18.5 Å². The number of allylic oxidation sites excluding steroid dienone is 4. The average molecular weight is 395 g/mol. The Morgan fingerprint density at radius 3 is 1.20 bits per heavy atom. The van der Waals surface area contributed by atoms with Gasteiger partial charge in [0.05, 0.1) is 14.2 Å². The zero-order valence-corrected chi connectivity index (χ0v) is 17.4. The standard InChI is InChI=1S/C28H26O2/c1-29-27-19-15-23(16-20-27)9-3-5-11-25-13-7-8-14-26(25)12-6-4-10-24-17-21-28(30-2)22-18-24/h3-22H,1-2H3/b9-3?,10-4?,11-5+,12-6+. The summed E-state index contributed by atoms with van der Waals surface area (Å²) in [5, 5.41) is 0. The normalized spacial score (nSPS) is 11.8. The van der Waals surface area contributed by atoms with Gasteiger partial charge in [0.2, 0.25) is 0 Å². The molecule has 0 bridgehead atoms. The largest absolute Gasteiger partial charge is 0.497 e. The van der Waals surface area contributed by atoms with Crippen molar-refractivity contribution < 1.29 is 9.47 Å². The summed E-state index contributed by atoms with van der Waals surface area (Å²) in [7, 11) is 3.35. The van der Waals surface area contributed by atoms with E-state index in [1.165, 1.54) is 11.1 Å². The van der Waals surface area contributed by atoms with E-state index in [0.717, 1.165) is 22.6 Å². The molecule has 2 nitrogen and oxygen atoms in total. The van der Waals surface area contributed by atoms with Gasteiger partial charge in [-0.05, 0) is 46.5 Å². The van der Waals surface area contributed by atoms with Crippen molar-refractivity contribution in [2.24, 2.45) is 0 Å². The number of hydrogen-bond acceptors (Lipinski definition) is 2. The SMILES string of the molecule is COc1ccc(C=C/C=C/c2ccccc2/C=C/C=Cc2ccc(OC)cc2)cc1. The molecule has 0 aliphatic rings. The van der Waals surface area contributed by atoms with Crippen LogP contribution in [0.25, 0.3) is 24.3 Å². The zero-order chi connectivity index (χ0) is 21.0. The van der Waals surface area contributed by atoms with E-state index in [2.05, 4.69) is 60.7 Å². The van der Waals surface area contributed by atoms with Crippen LogP contribution in [-0.4, -0.2) is 14.2 Å². The van der Waals surface area contributed by atoms with Gasteiger partial charge in [0.15, 0.2) is 0 Å². The molecule has 0 fully saturated rings. The molecule has 0 N–H and O–H groups in total. The predicted molar refractivity (Wildman–Crippen MR) is 129 cm³/mol. The van der Waals surface area contributed by atoms with Crippen LogP contribution in [0.3, 0.4) is 0 Å². The summed E-state index contributed by atoms with van der Waals surface area (Å²) in [6, 6.07) is 24.3. The molecule has 150 valence electrons. The molecule has 3 aromatic carbocycles. The Morgan fingerprint density at radius 1 is 0.467 bits per heavy atom. The molecule has 0 unspecified atom stereocenters. The summed E-state index contributed by atoms with van der Waals surface area (Å²) in [6.45, 7) is 0. The van der Waals surface area contributed by atoms with Crippen molar-refractivity contribution in [2.75, 3.05) is 14.2 Å². The molecule has 0 aliphatic heterocycles. The zero-order valence-electron chi connectivity index (χ0n) is 17.4. The van der Waals surface area contributed by atoms with E-state index < -0.39 is 0 Å². The highest BCUT2D eigenvalue weighted by Gasteiger charge is 1.93. The van der Waals surface area contributed by atoms with Crippen LogP contribution >= 0.6 is 0 Å². The fraction of sp³-hybridized carbons (Fsp3) is 0.0714. The van der Waals surface area contributed by atoms with Crippen LogP contribution in [-0.2, 0) is 0 Å². The molecule has 0 amide bonds. The highest BCUT2D eigenvalue weighted by Crippen LogP contribution is 2.15. The molecular formula is C28H26O2. The molecule has 0 saturated heterocycles. The molecule has 0 aromatic heterocycles. The molecular weight excluding hydrogens is 368 g/mol. The third-order valence-electron chi connectivity index (χ3n) is 4.58. The van der Waals surface area contributed by atoms with Gasteiger partial charge in [-0.15, -0.1) is 0 Å². The Labute approximate surface area is 179 Å². The molecule has 0 spiro atoms. The highest BCUT2D eigenvalue weighted by molar-refractivity contribution is 5.68. The second-order valence-corrected chi connectivity index (χ2v) is 6.61. The summed E-state index contributed by atoms with van der Waals surface area (Å²) in [6.07, 6.45) is 16.6. The summed E-state index contributed by atoms with van der Waals surface area (Å²) in [5.74, 6) is 1.73. The minimum absolute atomic E-state index is 0.865. The third-order valence-corrected chi connectivity index (χ3v) is 4.58. The van der Waals surface area contributed by atoms with Crippen molar-refractivity contribution in [1.82, 2.24) is 0 Å². The molecule has 2 heteroatoms. The van der Waals surface area contributed by atoms with Gasteiger partial charge in [-0.3, -0.25) is 0 Å². The van der Waals surface area contributed by atoms with Gasteiger partial charge < -0.3 is 9.47 Å². The highest BCUT2D eigenvalue weighted by atomic mass is 16.5. The quantitative estimate of drug-likeness (QED) is 0.377. The number of hydrogen-bond donors (Lipinski definition) is 0. The monoisotopic (exact) mass is 394 g/mol. The molecule has 0 aliphatic carbocycles. The van der Waals surface area contributed by atoms with Gasteiger partial charge in [-0.2, -0.15) is 0 Å². The molecule has 0 atom stereocenters. The van der Waals surface area contributed by atoms with E-state index in [1.54, 1.807) is 14.2 Å². The van der Waals surface area contributed by atoms with Gasteiger partial charge in [-0.25, -0.2) is 0 Å². The van der Waals surface area contributed by atoms with Crippen LogP contribution in [0.2, 0.25) is 0 Å². The molecule has 0 heterocycles. The maximum Gasteiger partial charge on any atom is 0.118 e. The van der Waals surface area contributed by atoms with E-state index >= 15 is 0 Å². The van der Waals surface area contributed by atoms with Crippen molar-refractivity contribution in [2.45, 2.75) is 0 Å². The molecule has 0 radical (unpaired) electrons. The fourth-order valence-electron chi connectivity index (χ4n) is 2.90. The van der Waals surface area contributed by atoms with Crippen molar-refractivity contribution in [3.8, 4) is 11.5 Å². The second-order valence-electron chi connectivity index (χ2n) is 6.61. The summed E-state index contributed by atoms with van der Waals surface area (Å²) in [4.78, 5) is 0. The Morgan fingerprint density at radius 2 is 0.833 bits per heavy atom. The minimum atomic E-state index is 0.865. The minimum Gasteiger partial charge on any atom is -0.497 e. The number of benzene rings is 3. The van der Waals surface area contributed by atoms with Crippen LogP contribution < -0.4 is 9.47 Å². The number of rotatable bonds is 8. The van der Waals surface area contributed by atoms with Gasteiger partial charge in [0.1, 0.15) is 11.5 Å². The molecule has 3 rings (SSSR count). The van der Waals surface area contributed by atoms with Crippen LogP contribution in [0.5, 0.6) is 11.5 Å². The van der Waals surface area contributed by atoms with Gasteiger partial charge in [0.25, 0.3) is 0 Å². The summed E-state index contributed by atoms with van der Waals surface area (Å²) < 4.78 is 10.4. The lowest BCUT2D eigenvalue weighted by Gasteiger charge is -2.00. The van der Waals surface area contributed by atoms with E-state index in [0.29, 0.717) is 0 Å². The predicted octanol–water partition coefficient (Wildman–Crippen LogP) is 7.16. The van der Waals surface area contributed by atoms with E-state index in [4.69, 9.17) is 9.47 Å². The van der Waals surface area contributed by atoms with Crippen molar-refractivity contribution in [3.63, 3.8) is 0 Å². The van der Waals surface area contributed by atoms with Crippen LogP contribution in [0.1, 0.15) is 22.3 Å². The van der Waals surface area contributed by atoms with Gasteiger partial charge in [0, 0.05) is 0 Å². The van der Waals surface area contributed by atoms with Crippen LogP contribution in [0.4, 0.5) is 0 Å². The number of ether oxygens (including phenoxy) is 2. The maximum absolute atomic E-state index is 5.19. The van der Waals surface area contributed by atoms with Crippen molar-refractivity contribution >= 4 is 24.3 Å². The first-order chi connectivity index (χ1) is 14.8. The fourth-order valence-corrected chi connectivity index (χ4v) is 2.90. The third kappa shape index (κ3) is 6.39. The molecule has 3 aromatic rings. The summed E-state index contributed by atoms with van der Waals surface area (Å²) >= 11 is 0. The van der Waals surface area contributed by atoms with Crippen LogP contribution in [0, 0.1) is 0 Å². The lowest BCUT2D eigenvalue weighted by molar-refractivity contribution is 0.414. The van der Waals surface area contributed by atoms with E-state index in [-0.39, 0.29) is 0 Å². The lowest BCUT2D eigenvalue weighted by atomic mass is 10.1. The van der Waals surface area contributed by atoms with Gasteiger partial charge >= 0.3 is 0 Å². The Hall–Kier alpha value is -3.78. The van der Waals surface area contributed by atoms with Crippen molar-refractivity contribution in [3.05, 3.63) is 119 Å². The summed E-state index contributed by atoms with van der Waals surface area (Å²) in [5.41, 5.74) is 4.62. The Kier molecular flexibility index (Phi) is 7.87. The maximum atomic E-state index is 5.19. The van der Waals surface area contributed by atoms with E-state index in [1.807, 2.05) is 60.7 Å². The lowest BCUT2D eigenvalue weighted by Crippen LogP contribution is -1.81. The Bertz CT molecular complexity index is 950. The Balaban J connectivity index is 1.62. The van der Waals surface area contributed by atoms with Gasteiger partial charge in [-0.1, -0.05) is 97.1 Å². The first kappa shape index (κ1) is 20.9. The first-order valence-corrected chi connectivity index (χ1v) is 9.85. The first-order valence-electron chi connectivity index (χ1n) is 9.85. The number of methoxy groups -OCH3 is 2. The molecule has 0 saturated carbocycles. The molecule has 30 heavy (non-hydrogen) atoms. The van der Waals surface area contributed by atoms with E-state index in [9.17, 15) is 0 Å². The second kappa shape index (κ2) is 11.3. The smallest absolute Gasteiger partial charge is 0.118 e.